The topological polar surface area (TPSA) is 6.48 Å². The average Bonchev–Trinajstić information content (AvgIpc) is 2.46. The van der Waals surface area contributed by atoms with E-state index in [0.717, 1.165) is 0 Å². The standard InChI is InChI=1S/C18H24F2N2Si/c1-21(2)13-15-9-5-7-11-17(15)23(19,20)18-12-8-6-10-16(18)14-22(3)4/h5-12H,13-14H2,1-4H3. The van der Waals surface area contributed by atoms with Gasteiger partial charge in [-0.05, 0) is 39.3 Å². The molecule has 0 atom stereocenters. The Kier molecular flexibility index (Phi) is 5.67. The Labute approximate surface area is 138 Å². The van der Waals surface area contributed by atoms with Gasteiger partial charge in [-0.25, -0.2) is 0 Å². The molecule has 2 rings (SSSR count). The van der Waals surface area contributed by atoms with Gasteiger partial charge in [-0.1, -0.05) is 48.5 Å². The number of hydrogen-bond donors (Lipinski definition) is 0. The van der Waals surface area contributed by atoms with E-state index in [1.807, 2.05) is 62.3 Å². The third-order valence-corrected chi connectivity index (χ3v) is 6.01. The van der Waals surface area contributed by atoms with E-state index in [1.165, 1.54) is 0 Å². The lowest BCUT2D eigenvalue weighted by Gasteiger charge is -2.22. The van der Waals surface area contributed by atoms with Gasteiger partial charge in [0.25, 0.3) is 0 Å². The number of nitrogens with zero attached hydrogens (tertiary/aromatic N) is 2. The molecule has 0 fully saturated rings. The summed E-state index contributed by atoms with van der Waals surface area (Å²) in [6, 6.07) is 13.9. The third kappa shape index (κ3) is 4.25. The van der Waals surface area contributed by atoms with Gasteiger partial charge in [-0.3, -0.25) is 8.22 Å². The highest BCUT2D eigenvalue weighted by atomic mass is 28.4. The molecule has 0 spiro atoms. The summed E-state index contributed by atoms with van der Waals surface area (Å²) in [6.07, 6.45) is 0. The molecule has 2 nitrogen and oxygen atoms in total. The van der Waals surface area contributed by atoms with Crippen LogP contribution in [0, 0.1) is 0 Å². The Morgan fingerprint density at radius 3 is 1.39 bits per heavy atom. The molecule has 2 aromatic rings. The predicted molar refractivity (Wildman–Crippen MR) is 94.9 cm³/mol. The van der Waals surface area contributed by atoms with E-state index in [1.54, 1.807) is 24.3 Å². The SMILES string of the molecule is CN(C)Cc1ccccc1[Si](F)(F)c1ccccc1CN(C)C. The summed E-state index contributed by atoms with van der Waals surface area (Å²) in [7, 11) is 2.87. The van der Waals surface area contributed by atoms with Crippen molar-refractivity contribution in [1.82, 2.24) is 9.80 Å². The van der Waals surface area contributed by atoms with Gasteiger partial charge in [0, 0.05) is 23.5 Å². The molecule has 124 valence electrons. The zero-order valence-corrected chi connectivity index (χ0v) is 15.2. The Hall–Kier alpha value is -1.56. The molecule has 0 aromatic heterocycles. The van der Waals surface area contributed by atoms with Crippen molar-refractivity contribution in [3.8, 4) is 0 Å². The van der Waals surface area contributed by atoms with E-state index >= 15 is 8.22 Å². The van der Waals surface area contributed by atoms with Gasteiger partial charge in [-0.15, -0.1) is 0 Å². The monoisotopic (exact) mass is 334 g/mol. The van der Waals surface area contributed by atoms with Gasteiger partial charge >= 0.3 is 8.74 Å². The minimum absolute atomic E-state index is 0.222. The summed E-state index contributed by atoms with van der Waals surface area (Å²) >= 11 is 0. The lowest BCUT2D eigenvalue weighted by atomic mass is 10.2. The van der Waals surface area contributed by atoms with Crippen molar-refractivity contribution in [2.45, 2.75) is 13.1 Å². The van der Waals surface area contributed by atoms with Crippen molar-refractivity contribution >= 4 is 19.1 Å². The maximum Gasteiger partial charge on any atom is 0.488 e. The summed E-state index contributed by atoms with van der Waals surface area (Å²) in [5, 5.41) is 0.444. The zero-order valence-electron chi connectivity index (χ0n) is 14.2. The molecule has 0 bridgehead atoms. The molecule has 23 heavy (non-hydrogen) atoms. The van der Waals surface area contributed by atoms with E-state index in [9.17, 15) is 0 Å². The summed E-state index contributed by atoms with van der Waals surface area (Å²) in [5.41, 5.74) is 1.43. The maximum atomic E-state index is 15.4. The fourth-order valence-corrected chi connectivity index (χ4v) is 4.79. The van der Waals surface area contributed by atoms with Gasteiger partial charge in [0.1, 0.15) is 0 Å². The van der Waals surface area contributed by atoms with Crippen LogP contribution in [0.5, 0.6) is 0 Å². The second-order valence-corrected chi connectivity index (χ2v) is 8.59. The lowest BCUT2D eigenvalue weighted by Crippen LogP contribution is -2.54. The number of rotatable bonds is 6. The molecule has 0 unspecified atom stereocenters. The zero-order chi connectivity index (χ0) is 17.0. The molecule has 0 aliphatic heterocycles. The van der Waals surface area contributed by atoms with Crippen LogP contribution in [0.25, 0.3) is 0 Å². The fourth-order valence-electron chi connectivity index (χ4n) is 2.76. The van der Waals surface area contributed by atoms with Crippen LogP contribution in [0.3, 0.4) is 0 Å². The first-order chi connectivity index (χ1) is 10.8. The van der Waals surface area contributed by atoms with Crippen molar-refractivity contribution in [3.05, 3.63) is 59.7 Å². The summed E-state index contributed by atoms with van der Waals surface area (Å²) < 4.78 is 30.8. The Bertz CT molecular complexity index is 601. The molecule has 0 aliphatic carbocycles. The van der Waals surface area contributed by atoms with Crippen molar-refractivity contribution in [2.24, 2.45) is 0 Å². The Morgan fingerprint density at radius 2 is 1.04 bits per heavy atom. The normalized spacial score (nSPS) is 12.2. The first-order valence-electron chi connectivity index (χ1n) is 7.66. The number of halogens is 2. The molecule has 0 radical (unpaired) electrons. The lowest BCUT2D eigenvalue weighted by molar-refractivity contribution is 0.402. The molecular weight excluding hydrogens is 310 g/mol. The molecule has 2 aromatic carbocycles. The van der Waals surface area contributed by atoms with Gasteiger partial charge < -0.3 is 9.80 Å². The van der Waals surface area contributed by atoms with E-state index in [-0.39, 0.29) is 10.4 Å². The summed E-state index contributed by atoms with van der Waals surface area (Å²) in [5.74, 6) is 0. The Balaban J connectivity index is 2.51. The minimum Gasteiger partial charge on any atom is -0.305 e. The fraction of sp³-hybridized carbons (Fsp3) is 0.333. The third-order valence-electron chi connectivity index (χ3n) is 3.68. The van der Waals surface area contributed by atoms with Gasteiger partial charge in [-0.2, -0.15) is 0 Å². The predicted octanol–water partition coefficient (Wildman–Crippen LogP) is 2.31. The van der Waals surface area contributed by atoms with Crippen LogP contribution in [-0.2, 0) is 13.1 Å². The van der Waals surface area contributed by atoms with Crippen molar-refractivity contribution in [2.75, 3.05) is 28.2 Å². The Morgan fingerprint density at radius 1 is 0.696 bits per heavy atom. The molecule has 0 aliphatic rings. The smallest absolute Gasteiger partial charge is 0.305 e. The van der Waals surface area contributed by atoms with Crippen LogP contribution < -0.4 is 10.4 Å². The van der Waals surface area contributed by atoms with Crippen LogP contribution in [-0.4, -0.2) is 46.7 Å². The summed E-state index contributed by atoms with van der Waals surface area (Å²) in [4.78, 5) is 3.85. The maximum absolute atomic E-state index is 15.4. The van der Waals surface area contributed by atoms with Crippen molar-refractivity contribution in [3.63, 3.8) is 0 Å². The van der Waals surface area contributed by atoms with Crippen molar-refractivity contribution in [1.29, 1.82) is 0 Å². The van der Waals surface area contributed by atoms with Crippen LogP contribution in [0.15, 0.2) is 48.5 Å². The minimum atomic E-state index is -4.73. The van der Waals surface area contributed by atoms with E-state index in [0.29, 0.717) is 24.2 Å². The van der Waals surface area contributed by atoms with Gasteiger partial charge in [0.2, 0.25) is 0 Å². The largest absolute Gasteiger partial charge is 0.488 e. The molecule has 0 amide bonds. The first kappa shape index (κ1) is 17.8. The second-order valence-electron chi connectivity index (χ2n) is 6.36. The highest BCUT2D eigenvalue weighted by molar-refractivity contribution is 6.92. The molecule has 0 saturated heterocycles. The van der Waals surface area contributed by atoms with Gasteiger partial charge in [0.15, 0.2) is 0 Å². The number of hydrogen-bond acceptors (Lipinski definition) is 2. The second kappa shape index (κ2) is 7.34. The quantitative estimate of drug-likeness (QED) is 0.591. The number of benzene rings is 2. The van der Waals surface area contributed by atoms with E-state index in [2.05, 4.69) is 0 Å². The van der Waals surface area contributed by atoms with E-state index in [4.69, 9.17) is 0 Å². The molecule has 0 saturated carbocycles. The molecule has 0 N–H and O–H groups in total. The van der Waals surface area contributed by atoms with Crippen molar-refractivity contribution < 1.29 is 8.22 Å². The van der Waals surface area contributed by atoms with Crippen LogP contribution >= 0.6 is 0 Å². The van der Waals surface area contributed by atoms with Crippen LogP contribution in [0.1, 0.15) is 11.1 Å². The molecular formula is C18H24F2N2Si. The average molecular weight is 334 g/mol. The molecule has 0 heterocycles. The first-order valence-corrected chi connectivity index (χ1v) is 9.42. The van der Waals surface area contributed by atoms with E-state index < -0.39 is 8.74 Å². The highest BCUT2D eigenvalue weighted by Crippen LogP contribution is 2.16. The molecule has 5 heteroatoms. The van der Waals surface area contributed by atoms with Crippen LogP contribution in [0.4, 0.5) is 8.22 Å². The summed E-state index contributed by atoms with van der Waals surface area (Å²) in [6.45, 7) is 1.04. The highest BCUT2D eigenvalue weighted by Gasteiger charge is 2.43. The van der Waals surface area contributed by atoms with Gasteiger partial charge in [0.05, 0.1) is 0 Å². The van der Waals surface area contributed by atoms with Crippen LogP contribution in [0.2, 0.25) is 0 Å².